The van der Waals surface area contributed by atoms with Gasteiger partial charge < -0.3 is 4.74 Å². The molecule has 0 aliphatic carbocycles. The zero-order valence-corrected chi connectivity index (χ0v) is 17.2. The lowest BCUT2D eigenvalue weighted by Gasteiger charge is -2.21. The molecule has 0 unspecified atom stereocenters. The molecule has 21 heavy (non-hydrogen) atoms. The molecule has 116 valence electrons. The van der Waals surface area contributed by atoms with E-state index in [9.17, 15) is 0 Å². The van der Waals surface area contributed by atoms with Crippen LogP contribution in [0.4, 0.5) is 0 Å². The van der Waals surface area contributed by atoms with Crippen molar-refractivity contribution in [3.05, 3.63) is 23.8 Å². The first-order valence-corrected chi connectivity index (χ1v) is 12.9. The molecule has 0 aliphatic rings. The Balaban J connectivity index is 2.44. The molecule has 0 spiro atoms. The Hall–Kier alpha value is 0.266. The van der Waals surface area contributed by atoms with Gasteiger partial charge in [-0.25, -0.2) is 0 Å². The summed E-state index contributed by atoms with van der Waals surface area (Å²) in [6.45, 7) is 9.90. The maximum Gasteiger partial charge on any atom is 0.512 e. The van der Waals surface area contributed by atoms with E-state index in [1.807, 2.05) is 0 Å². The summed E-state index contributed by atoms with van der Waals surface area (Å²) in [6, 6.07) is 6.72. The van der Waals surface area contributed by atoms with Gasteiger partial charge in [0.05, 0.1) is 12.4 Å². The minimum absolute atomic E-state index is 0.211. The van der Waals surface area contributed by atoms with E-state index in [2.05, 4.69) is 58.8 Å². The van der Waals surface area contributed by atoms with Gasteiger partial charge in [0.15, 0.2) is 0 Å². The van der Waals surface area contributed by atoms with Crippen LogP contribution in [0, 0.1) is 0 Å². The molecule has 0 bridgehead atoms. The largest absolute Gasteiger partial charge is 0.512 e. The first-order valence-electron chi connectivity index (χ1n) is 8.31. The van der Waals surface area contributed by atoms with E-state index in [1.165, 1.54) is 47.8 Å². The van der Waals surface area contributed by atoms with E-state index in [-0.39, 0.29) is 23.6 Å². The van der Waals surface area contributed by atoms with Crippen molar-refractivity contribution in [2.75, 3.05) is 6.61 Å². The van der Waals surface area contributed by atoms with Crippen LogP contribution in [0.3, 0.4) is 0 Å². The van der Waals surface area contributed by atoms with E-state index in [0.717, 1.165) is 12.4 Å². The third-order valence-electron chi connectivity index (χ3n) is 3.83. The number of halogens is 1. The van der Waals surface area contributed by atoms with Crippen LogP contribution in [0.15, 0.2) is 18.2 Å². The molecule has 0 radical (unpaired) electrons. The molecule has 0 aromatic heterocycles. The van der Waals surface area contributed by atoms with Crippen molar-refractivity contribution < 1.29 is 4.74 Å². The van der Waals surface area contributed by atoms with Crippen LogP contribution in [-0.2, 0) is 5.41 Å². The summed E-state index contributed by atoms with van der Waals surface area (Å²) in [5.41, 5.74) is 1.61. The average molecular weight is 366 g/mol. The van der Waals surface area contributed by atoms with Crippen LogP contribution in [0.2, 0.25) is 0 Å². The van der Waals surface area contributed by atoms with Crippen LogP contribution >= 0.6 is 12.9 Å². The van der Waals surface area contributed by atoms with Crippen LogP contribution in [0.1, 0.15) is 71.8 Å². The monoisotopic (exact) mass is 364 g/mol. The molecule has 0 amide bonds. The highest BCUT2D eigenvalue weighted by Gasteiger charge is 2.16. The Bertz CT molecular complexity index is 412. The summed E-state index contributed by atoms with van der Waals surface area (Å²) in [4.78, 5) is 0. The van der Waals surface area contributed by atoms with Crippen molar-refractivity contribution in [2.24, 2.45) is 0 Å². The Morgan fingerprint density at radius 2 is 1.71 bits per heavy atom. The summed E-state index contributed by atoms with van der Waals surface area (Å²) in [5.74, 6) is 1.10. The molecular formula is C18H29BrMgO. The van der Waals surface area contributed by atoms with Crippen molar-refractivity contribution in [1.82, 2.24) is 0 Å². The molecule has 3 heteroatoms. The second-order valence-corrected chi connectivity index (χ2v) is 9.53. The van der Waals surface area contributed by atoms with Gasteiger partial charge in [-0.1, -0.05) is 71.9 Å². The summed E-state index contributed by atoms with van der Waals surface area (Å²) in [6.07, 6.45) is 7.87. The number of ether oxygens (including phenoxy) is 1. The summed E-state index contributed by atoms with van der Waals surface area (Å²) < 4.78 is 7.40. The molecule has 0 heterocycles. The standard InChI is InChI=1S/C18H29O.BrH.Mg/c1-5-6-7-8-9-10-15-19-17-13-11-16(12-14-17)18(2,3)4;;/h11-13H,5-10,15H2,1-4H3;1H;/q;;+1/p-1. The predicted octanol–water partition coefficient (Wildman–Crippen LogP) is 5.36. The minimum Gasteiger partial charge on any atom is -0.496 e. The van der Waals surface area contributed by atoms with E-state index < -0.39 is 0 Å². The van der Waals surface area contributed by atoms with Crippen molar-refractivity contribution in [1.29, 1.82) is 0 Å². The molecule has 1 aromatic carbocycles. The van der Waals surface area contributed by atoms with Gasteiger partial charge in [-0.2, -0.15) is 0 Å². The second kappa shape index (κ2) is 10.1. The van der Waals surface area contributed by atoms with Gasteiger partial charge in [-0.15, -0.1) is 3.69 Å². The second-order valence-electron chi connectivity index (χ2n) is 6.82. The van der Waals surface area contributed by atoms with Gasteiger partial charge in [0.25, 0.3) is 0 Å². The van der Waals surface area contributed by atoms with Gasteiger partial charge in [-0.05, 0) is 23.5 Å². The van der Waals surface area contributed by atoms with Crippen molar-refractivity contribution in [3.63, 3.8) is 0 Å². The van der Waals surface area contributed by atoms with Gasteiger partial charge in [0.2, 0.25) is 0 Å². The van der Waals surface area contributed by atoms with Crippen molar-refractivity contribution in [3.8, 4) is 5.75 Å². The fourth-order valence-corrected chi connectivity index (χ4v) is 4.32. The van der Waals surface area contributed by atoms with Crippen LogP contribution in [0.25, 0.3) is 0 Å². The third kappa shape index (κ3) is 7.38. The Labute approximate surface area is 146 Å². The predicted molar refractivity (Wildman–Crippen MR) is 98.3 cm³/mol. The average Bonchev–Trinajstić information content (AvgIpc) is 2.45. The molecule has 0 N–H and O–H groups in total. The Morgan fingerprint density at radius 3 is 2.33 bits per heavy atom. The summed E-state index contributed by atoms with van der Waals surface area (Å²) >= 11 is 3.34. The fourth-order valence-electron chi connectivity index (χ4n) is 2.36. The van der Waals surface area contributed by atoms with Gasteiger partial charge in [0.1, 0.15) is 0 Å². The quantitative estimate of drug-likeness (QED) is 0.423. The maximum absolute atomic E-state index is 6.01. The molecule has 0 atom stereocenters. The topological polar surface area (TPSA) is 9.23 Å². The lowest BCUT2D eigenvalue weighted by atomic mass is 9.87. The highest BCUT2D eigenvalue weighted by Crippen LogP contribution is 2.23. The first-order chi connectivity index (χ1) is 9.99. The lowest BCUT2D eigenvalue weighted by molar-refractivity contribution is 0.306. The number of hydrogen-bond donors (Lipinski definition) is 0. The van der Waals surface area contributed by atoms with E-state index >= 15 is 0 Å². The molecule has 0 aliphatic heterocycles. The van der Waals surface area contributed by atoms with Gasteiger partial charge in [-0.3, -0.25) is 12.9 Å². The molecule has 0 fully saturated rings. The molecular weight excluding hydrogens is 336 g/mol. The molecule has 1 rings (SSSR count). The molecule has 1 aromatic rings. The Morgan fingerprint density at radius 1 is 1.05 bits per heavy atom. The van der Waals surface area contributed by atoms with E-state index in [0.29, 0.717) is 0 Å². The number of rotatable bonds is 9. The third-order valence-corrected chi connectivity index (χ3v) is 6.48. The van der Waals surface area contributed by atoms with E-state index in [1.54, 1.807) is 0 Å². The minimum atomic E-state index is -0.380. The smallest absolute Gasteiger partial charge is 0.496 e. The maximum atomic E-state index is 6.01. The number of benzene rings is 1. The van der Waals surface area contributed by atoms with Crippen molar-refractivity contribution in [2.45, 2.75) is 71.6 Å². The van der Waals surface area contributed by atoms with Crippen molar-refractivity contribution >= 4 is 34.8 Å². The lowest BCUT2D eigenvalue weighted by Crippen LogP contribution is -2.19. The van der Waals surface area contributed by atoms with Gasteiger partial charge in [0, 0.05) is 0 Å². The first kappa shape index (κ1) is 19.3. The fraction of sp³-hybridized carbons (Fsp3) is 0.667. The SMILES string of the molecule is CCCCCCCCOc1ccc(C(C)(C)C)c[c]1[Mg][Br]. The molecule has 0 saturated carbocycles. The highest BCUT2D eigenvalue weighted by atomic mass is 79.9. The number of hydrogen-bond acceptors (Lipinski definition) is 1. The molecule has 0 saturated heterocycles. The van der Waals surface area contributed by atoms with Crippen LogP contribution in [-0.4, -0.2) is 24.8 Å². The van der Waals surface area contributed by atoms with Gasteiger partial charge >= 0.3 is 18.2 Å². The van der Waals surface area contributed by atoms with Crippen LogP contribution < -0.4 is 8.43 Å². The van der Waals surface area contributed by atoms with Crippen LogP contribution in [0.5, 0.6) is 5.75 Å². The zero-order valence-electron chi connectivity index (χ0n) is 14.2. The zero-order chi connectivity index (χ0) is 15.7. The summed E-state index contributed by atoms with van der Waals surface area (Å²) in [7, 11) is 0. The van der Waals surface area contributed by atoms with E-state index in [4.69, 9.17) is 4.74 Å². The Kier molecular flexibility index (Phi) is 9.31. The highest BCUT2D eigenvalue weighted by molar-refractivity contribution is 9.23. The normalized spacial score (nSPS) is 11.3. The molecule has 1 nitrogen and oxygen atoms in total. The number of unbranched alkanes of at least 4 members (excludes halogenated alkanes) is 5. The summed E-state index contributed by atoms with van der Waals surface area (Å²) in [5, 5.41) is 0.